The number of aliphatic imine (C=N–C) groups is 2. The lowest BCUT2D eigenvalue weighted by molar-refractivity contribution is 0.00578. The first kappa shape index (κ1) is 66.2. The number of nitrogens with zero attached hydrogens (tertiary/aromatic N) is 2. The van der Waals surface area contributed by atoms with Crippen molar-refractivity contribution in [3.8, 4) is 0 Å². The van der Waals surface area contributed by atoms with Crippen molar-refractivity contribution in [3.05, 3.63) is 269 Å². The van der Waals surface area contributed by atoms with Crippen LogP contribution in [-0.2, 0) is 9.31 Å². The van der Waals surface area contributed by atoms with Crippen molar-refractivity contribution in [2.24, 2.45) is 9.98 Å². The Morgan fingerprint density at radius 1 is 0.410 bits per heavy atom. The Bertz CT molecular complexity index is 3540. The fourth-order valence-corrected chi connectivity index (χ4v) is 8.89. The zero-order valence-electron chi connectivity index (χ0n) is 45.3. The van der Waals surface area contributed by atoms with Gasteiger partial charge in [-0.15, -0.1) is 0 Å². The maximum Gasteiger partial charge on any atom is 0.494 e. The Balaban J connectivity index is 0.000000174. The third-order valence-corrected chi connectivity index (χ3v) is 15.3. The van der Waals surface area contributed by atoms with Gasteiger partial charge in [0.2, 0.25) is 0 Å². The maximum atomic E-state index is 9.37. The Labute approximate surface area is 527 Å². The molecule has 1 aliphatic heterocycles. The van der Waals surface area contributed by atoms with Crippen LogP contribution in [0.2, 0.25) is 25.1 Å². The van der Waals surface area contributed by atoms with Crippen molar-refractivity contribution >= 4 is 167 Å². The number of hydrogen-bond donors (Lipinski definition) is 7. The summed E-state index contributed by atoms with van der Waals surface area (Å²) in [7, 11) is -3.44. The van der Waals surface area contributed by atoms with Crippen molar-refractivity contribution in [1.29, 1.82) is 0 Å². The van der Waals surface area contributed by atoms with E-state index in [-0.39, 0.29) is 18.3 Å². The van der Waals surface area contributed by atoms with Gasteiger partial charge >= 0.3 is 21.4 Å². The van der Waals surface area contributed by atoms with Crippen LogP contribution in [0.5, 0.6) is 0 Å². The fraction of sp³-hybridized carbons (Fsp3) is 0.0968. The van der Waals surface area contributed by atoms with Crippen molar-refractivity contribution in [1.82, 2.24) is 0 Å². The summed E-state index contributed by atoms with van der Waals surface area (Å²) in [4.78, 5) is 9.52. The van der Waals surface area contributed by atoms with Gasteiger partial charge in [0.05, 0.1) is 64.8 Å². The number of benzene rings is 9. The molecule has 0 bridgehead atoms. The predicted octanol–water partition coefficient (Wildman–Crippen LogP) is 14.0. The van der Waals surface area contributed by atoms with Gasteiger partial charge < -0.3 is 46.6 Å². The minimum atomic E-state index is -1.56. The van der Waals surface area contributed by atoms with E-state index in [1.165, 1.54) is 18.2 Å². The van der Waals surface area contributed by atoms with E-state index in [1.54, 1.807) is 42.5 Å². The molecule has 0 aliphatic carbocycles. The quantitative estimate of drug-likeness (QED) is 0.0417. The molecule has 424 valence electrons. The zero-order chi connectivity index (χ0) is 60.4. The van der Waals surface area contributed by atoms with Crippen LogP contribution < -0.4 is 33.6 Å². The van der Waals surface area contributed by atoms with E-state index in [2.05, 4.69) is 56.1 Å². The van der Waals surface area contributed by atoms with E-state index in [9.17, 15) is 10.0 Å². The number of nitrogens with two attached hydrogens (primary N) is 3. The van der Waals surface area contributed by atoms with Gasteiger partial charge in [0, 0.05) is 42.6 Å². The van der Waals surface area contributed by atoms with Crippen LogP contribution in [0.15, 0.2) is 231 Å². The second kappa shape index (κ2) is 31.3. The molecule has 0 atom stereocenters. The highest BCUT2D eigenvalue weighted by molar-refractivity contribution is 9.10. The molecule has 10 N–H and O–H groups in total. The van der Waals surface area contributed by atoms with Gasteiger partial charge in [0.1, 0.15) is 0 Å². The van der Waals surface area contributed by atoms with Gasteiger partial charge in [-0.1, -0.05) is 229 Å². The largest absolute Gasteiger partial charge is 0.494 e. The molecule has 11 nitrogen and oxygen atoms in total. The SMILES string of the molecule is CC1(C)OB(c2ccc(Cl)c(N)c2)OC1(C)C.Clc1ccc(Br)cc1N=C(c1ccccc1)c1ccccc1.Nc1cc(B(O)O)ccc1Cl.Nc1cc(Br)ccc1Cl.OB(O)c1ccc(Cl)c(N=C(c2ccccc2)c2ccccc2)c1. The molecule has 0 spiro atoms. The minimum Gasteiger partial charge on any atom is -0.423 e. The fourth-order valence-electron chi connectivity index (χ4n) is 7.49. The molecular weight excluding hydrogens is 1280 g/mol. The molecule has 0 radical (unpaired) electrons. The summed E-state index contributed by atoms with van der Waals surface area (Å²) in [6.45, 7) is 8.08. The molecule has 1 aliphatic rings. The zero-order valence-corrected chi connectivity index (χ0v) is 52.3. The first-order chi connectivity index (χ1) is 39.4. The van der Waals surface area contributed by atoms with Gasteiger partial charge in [0.15, 0.2) is 0 Å². The number of anilines is 3. The molecule has 0 saturated carbocycles. The maximum absolute atomic E-state index is 9.37. The lowest BCUT2D eigenvalue weighted by atomic mass is 9.79. The standard InChI is InChI=1S/C19H15BClNO2.C19H13BrClN.C12H17BClNO2.C6H7BClNO2.C6H5BrClN/c21-17-12-11-16(20(23)24)13-18(17)22-19(14-7-3-1-4-8-14)15-9-5-2-6-10-15;20-16-11-12-17(21)18(13-16)22-19(14-7-3-1-4-8-14)15-9-5-2-6-10-15;1-11(2)12(3,4)17-13(16-11)8-5-6-9(14)10(15)7-8;8-5-2-1-4(7(10)11)3-6(5)9;7-4-1-2-5(8)6(9)3-4/h1-13,23-24H;1-13H;5-7H,15H2,1-4H3;1-3,10-11H,9H2;1-3H,9H2. The van der Waals surface area contributed by atoms with E-state index in [4.69, 9.17) is 105 Å². The molecule has 1 fully saturated rings. The van der Waals surface area contributed by atoms with Gasteiger partial charge in [-0.2, -0.15) is 0 Å². The topological polar surface area (TPSA) is 202 Å². The summed E-state index contributed by atoms with van der Waals surface area (Å²) in [5.74, 6) is 0. The molecule has 83 heavy (non-hydrogen) atoms. The molecule has 1 heterocycles. The van der Waals surface area contributed by atoms with E-state index in [0.29, 0.717) is 58.8 Å². The van der Waals surface area contributed by atoms with Crippen LogP contribution in [-0.4, -0.2) is 64.1 Å². The average molecular weight is 1340 g/mol. The highest BCUT2D eigenvalue weighted by Gasteiger charge is 2.51. The molecule has 0 aromatic heterocycles. The Morgan fingerprint density at radius 2 is 0.723 bits per heavy atom. The summed E-state index contributed by atoms with van der Waals surface area (Å²) in [5, 5.41) is 38.8. The van der Waals surface area contributed by atoms with Gasteiger partial charge in [-0.25, -0.2) is 9.98 Å². The van der Waals surface area contributed by atoms with E-state index in [0.717, 1.165) is 53.8 Å². The molecule has 21 heteroatoms. The number of rotatable bonds is 9. The van der Waals surface area contributed by atoms with Crippen LogP contribution >= 0.6 is 89.9 Å². The molecule has 9 aromatic carbocycles. The molecular formula is C62H57B3Br2Cl5N5O6. The summed E-state index contributed by atoms with van der Waals surface area (Å²) in [6.07, 6.45) is 0. The van der Waals surface area contributed by atoms with E-state index in [1.807, 2.05) is 155 Å². The Hall–Kier alpha value is -5.92. The highest BCUT2D eigenvalue weighted by Crippen LogP contribution is 2.37. The van der Waals surface area contributed by atoms with Gasteiger partial charge in [-0.3, -0.25) is 0 Å². The number of hydrogen-bond acceptors (Lipinski definition) is 11. The van der Waals surface area contributed by atoms with Crippen molar-refractivity contribution < 1.29 is 29.4 Å². The third kappa shape index (κ3) is 19.6. The molecule has 9 aromatic rings. The van der Waals surface area contributed by atoms with E-state index >= 15 is 0 Å². The minimum absolute atomic E-state index is 0.340. The van der Waals surface area contributed by atoms with Crippen molar-refractivity contribution in [3.63, 3.8) is 0 Å². The molecule has 0 unspecified atom stereocenters. The summed E-state index contributed by atoms with van der Waals surface area (Å²) in [5.41, 5.74) is 26.0. The van der Waals surface area contributed by atoms with Crippen LogP contribution in [0, 0.1) is 0 Å². The first-order valence-corrected chi connectivity index (χ1v) is 28.9. The van der Waals surface area contributed by atoms with Crippen molar-refractivity contribution in [2.45, 2.75) is 38.9 Å². The summed E-state index contributed by atoms with van der Waals surface area (Å²) < 4.78 is 13.8. The lowest BCUT2D eigenvalue weighted by Gasteiger charge is -2.32. The van der Waals surface area contributed by atoms with Gasteiger partial charge in [-0.05, 0) is 117 Å². The highest BCUT2D eigenvalue weighted by atomic mass is 79.9. The summed E-state index contributed by atoms with van der Waals surface area (Å²) >= 11 is 36.4. The monoisotopic (exact) mass is 1330 g/mol. The third-order valence-electron chi connectivity index (χ3n) is 12.7. The molecule has 10 rings (SSSR count). The van der Waals surface area contributed by atoms with Crippen LogP contribution in [0.3, 0.4) is 0 Å². The van der Waals surface area contributed by atoms with Crippen LogP contribution in [0.1, 0.15) is 49.9 Å². The first-order valence-electron chi connectivity index (χ1n) is 25.4. The second-order valence-corrected chi connectivity index (χ2v) is 23.1. The van der Waals surface area contributed by atoms with Crippen LogP contribution in [0.4, 0.5) is 28.4 Å². The smallest absolute Gasteiger partial charge is 0.423 e. The predicted molar refractivity (Wildman–Crippen MR) is 358 cm³/mol. The average Bonchev–Trinajstić information content (AvgIpc) is 3.93. The number of halogens is 7. The van der Waals surface area contributed by atoms with Gasteiger partial charge in [0.25, 0.3) is 0 Å². The van der Waals surface area contributed by atoms with Crippen molar-refractivity contribution in [2.75, 3.05) is 17.2 Å². The lowest BCUT2D eigenvalue weighted by Crippen LogP contribution is -2.41. The number of nitrogen functional groups attached to an aromatic ring is 3. The van der Waals surface area contributed by atoms with Crippen LogP contribution in [0.25, 0.3) is 0 Å². The molecule has 1 saturated heterocycles. The summed E-state index contributed by atoms with van der Waals surface area (Å²) in [6, 6.07) is 65.5. The Kier molecular flexibility index (Phi) is 25.0. The van der Waals surface area contributed by atoms with E-state index < -0.39 is 14.2 Å². The normalized spacial score (nSPS) is 12.5. The Morgan fingerprint density at radius 3 is 1.08 bits per heavy atom. The second-order valence-electron chi connectivity index (χ2n) is 19.3. The molecule has 0 amide bonds.